The van der Waals surface area contributed by atoms with Crippen LogP contribution in [0.4, 0.5) is 11.4 Å². The van der Waals surface area contributed by atoms with E-state index >= 15 is 0 Å². The average Bonchev–Trinajstić information content (AvgIpc) is 2.94. The number of para-hydroxylation sites is 1. The summed E-state index contributed by atoms with van der Waals surface area (Å²) in [6.07, 6.45) is 0.135. The fourth-order valence-electron chi connectivity index (χ4n) is 2.37. The maximum Gasteiger partial charge on any atom is 0.293 e. The maximum absolute atomic E-state index is 12.6. The normalized spacial score (nSPS) is 10.6. The molecule has 2 N–H and O–H groups in total. The first-order chi connectivity index (χ1) is 12.1. The van der Waals surface area contributed by atoms with Gasteiger partial charge in [-0.3, -0.25) is 9.59 Å². The predicted octanol–water partition coefficient (Wildman–Crippen LogP) is 4.91. The van der Waals surface area contributed by atoms with Crippen molar-refractivity contribution in [2.45, 2.75) is 6.42 Å². The lowest BCUT2D eigenvalue weighted by Crippen LogP contribution is -2.17. The molecule has 0 fully saturated rings. The molecule has 3 rings (SSSR count). The van der Waals surface area contributed by atoms with Gasteiger partial charge in [-0.15, -0.1) is 11.6 Å². The standard InChI is InChI=1S/C18H14Cl2N2O3/c19-9-8-15(23)22-16-13-6-1-2-7-14(13)25-17(16)18(24)21-12-5-3-4-11(20)10-12/h1-7,10H,8-9H2,(H,21,24)(H,22,23). The van der Waals surface area contributed by atoms with Gasteiger partial charge in [0.25, 0.3) is 5.91 Å². The van der Waals surface area contributed by atoms with Crippen LogP contribution >= 0.6 is 23.2 Å². The van der Waals surface area contributed by atoms with Crippen molar-refractivity contribution in [2.75, 3.05) is 16.5 Å². The lowest BCUT2D eigenvalue weighted by Gasteiger charge is -2.07. The van der Waals surface area contributed by atoms with Gasteiger partial charge in [0, 0.05) is 28.4 Å². The topological polar surface area (TPSA) is 71.3 Å². The number of hydrogen-bond acceptors (Lipinski definition) is 3. The molecule has 0 spiro atoms. The maximum atomic E-state index is 12.6. The van der Waals surface area contributed by atoms with Gasteiger partial charge in [0.15, 0.2) is 0 Å². The zero-order chi connectivity index (χ0) is 17.8. The van der Waals surface area contributed by atoms with Crippen molar-refractivity contribution in [1.82, 2.24) is 0 Å². The summed E-state index contributed by atoms with van der Waals surface area (Å²) in [6, 6.07) is 13.8. The van der Waals surface area contributed by atoms with E-state index in [0.29, 0.717) is 27.4 Å². The van der Waals surface area contributed by atoms with Gasteiger partial charge >= 0.3 is 0 Å². The van der Waals surface area contributed by atoms with E-state index in [0.717, 1.165) is 0 Å². The third kappa shape index (κ3) is 3.95. The molecule has 3 aromatic rings. The number of rotatable bonds is 5. The Kier molecular flexibility index (Phi) is 5.26. The van der Waals surface area contributed by atoms with Crippen molar-refractivity contribution in [3.63, 3.8) is 0 Å². The van der Waals surface area contributed by atoms with E-state index in [1.54, 1.807) is 48.5 Å². The van der Waals surface area contributed by atoms with Gasteiger partial charge in [0.2, 0.25) is 11.7 Å². The fraction of sp³-hybridized carbons (Fsp3) is 0.111. The fourth-order valence-corrected chi connectivity index (χ4v) is 2.73. The Morgan fingerprint density at radius 1 is 1.04 bits per heavy atom. The number of alkyl halides is 1. The van der Waals surface area contributed by atoms with E-state index in [-0.39, 0.29) is 24.0 Å². The van der Waals surface area contributed by atoms with Crippen molar-refractivity contribution in [2.24, 2.45) is 0 Å². The largest absolute Gasteiger partial charge is 0.449 e. The van der Waals surface area contributed by atoms with Crippen LogP contribution in [0, 0.1) is 0 Å². The van der Waals surface area contributed by atoms with Crippen LogP contribution in [0.15, 0.2) is 52.9 Å². The smallest absolute Gasteiger partial charge is 0.293 e. The molecule has 2 amide bonds. The molecule has 5 nitrogen and oxygen atoms in total. The summed E-state index contributed by atoms with van der Waals surface area (Å²) >= 11 is 11.5. The van der Waals surface area contributed by atoms with Gasteiger partial charge < -0.3 is 15.1 Å². The minimum Gasteiger partial charge on any atom is -0.449 e. The van der Waals surface area contributed by atoms with Crippen LogP contribution in [0.25, 0.3) is 11.0 Å². The molecule has 0 aliphatic heterocycles. The van der Waals surface area contributed by atoms with E-state index in [1.165, 1.54) is 0 Å². The predicted molar refractivity (Wildman–Crippen MR) is 99.6 cm³/mol. The third-order valence-electron chi connectivity index (χ3n) is 3.47. The first-order valence-electron chi connectivity index (χ1n) is 7.53. The number of hydrogen-bond donors (Lipinski definition) is 2. The zero-order valence-electron chi connectivity index (χ0n) is 13.0. The molecule has 0 aliphatic rings. The van der Waals surface area contributed by atoms with Gasteiger partial charge in [-0.1, -0.05) is 29.8 Å². The molecule has 0 radical (unpaired) electrons. The summed E-state index contributed by atoms with van der Waals surface area (Å²) in [5.74, 6) is -0.576. The average molecular weight is 377 g/mol. The number of nitrogens with one attached hydrogen (secondary N) is 2. The van der Waals surface area contributed by atoms with Crippen LogP contribution in [-0.2, 0) is 4.79 Å². The summed E-state index contributed by atoms with van der Waals surface area (Å²) in [4.78, 5) is 24.6. The molecule has 0 aliphatic carbocycles. The highest BCUT2D eigenvalue weighted by Crippen LogP contribution is 2.31. The summed E-state index contributed by atoms with van der Waals surface area (Å²) < 4.78 is 5.65. The number of carbonyl (C=O) groups is 2. The Balaban J connectivity index is 1.96. The zero-order valence-corrected chi connectivity index (χ0v) is 14.5. The van der Waals surface area contributed by atoms with Gasteiger partial charge in [0.1, 0.15) is 11.3 Å². The van der Waals surface area contributed by atoms with E-state index in [4.69, 9.17) is 27.6 Å². The van der Waals surface area contributed by atoms with Crippen LogP contribution in [0.2, 0.25) is 5.02 Å². The van der Waals surface area contributed by atoms with E-state index < -0.39 is 5.91 Å². The molecule has 2 aromatic carbocycles. The van der Waals surface area contributed by atoms with E-state index in [1.807, 2.05) is 0 Å². The summed E-state index contributed by atoms with van der Waals surface area (Å²) in [5, 5.41) is 6.56. The molecular formula is C18H14Cl2N2O3. The quantitative estimate of drug-likeness (QED) is 0.621. The van der Waals surface area contributed by atoms with Crippen LogP contribution in [-0.4, -0.2) is 17.7 Å². The first-order valence-corrected chi connectivity index (χ1v) is 8.44. The SMILES string of the molecule is O=C(CCCl)Nc1c(C(=O)Nc2cccc(Cl)c2)oc2ccccc12. The Morgan fingerprint density at radius 3 is 2.60 bits per heavy atom. The van der Waals surface area contributed by atoms with Gasteiger partial charge in [0.05, 0.1) is 0 Å². The highest BCUT2D eigenvalue weighted by molar-refractivity contribution is 6.31. The number of furan rings is 1. The molecule has 0 saturated carbocycles. The summed E-state index contributed by atoms with van der Waals surface area (Å²) in [7, 11) is 0. The molecule has 0 bridgehead atoms. The molecule has 0 saturated heterocycles. The van der Waals surface area contributed by atoms with Crippen molar-refractivity contribution in [3.05, 3.63) is 59.3 Å². The second-order valence-corrected chi connectivity index (χ2v) is 6.07. The minimum atomic E-state index is -0.486. The van der Waals surface area contributed by atoms with Gasteiger partial charge in [-0.2, -0.15) is 0 Å². The van der Waals surface area contributed by atoms with Crippen LogP contribution in [0.5, 0.6) is 0 Å². The van der Waals surface area contributed by atoms with Crippen LogP contribution < -0.4 is 10.6 Å². The molecular weight excluding hydrogens is 363 g/mol. The van der Waals surface area contributed by atoms with E-state index in [2.05, 4.69) is 10.6 Å². The Labute approximate surface area is 153 Å². The van der Waals surface area contributed by atoms with Crippen molar-refractivity contribution in [3.8, 4) is 0 Å². The number of amides is 2. The highest BCUT2D eigenvalue weighted by atomic mass is 35.5. The van der Waals surface area contributed by atoms with E-state index in [9.17, 15) is 9.59 Å². The second-order valence-electron chi connectivity index (χ2n) is 5.25. The van der Waals surface area contributed by atoms with Crippen molar-refractivity contribution >= 4 is 57.4 Å². The number of halogens is 2. The Bertz CT molecular complexity index is 937. The third-order valence-corrected chi connectivity index (χ3v) is 3.89. The number of carbonyl (C=O) groups excluding carboxylic acids is 2. The lowest BCUT2D eigenvalue weighted by atomic mass is 10.2. The number of benzene rings is 2. The highest BCUT2D eigenvalue weighted by Gasteiger charge is 2.22. The first kappa shape index (κ1) is 17.3. The summed E-state index contributed by atoms with van der Waals surface area (Å²) in [5.41, 5.74) is 1.35. The van der Waals surface area contributed by atoms with Crippen LogP contribution in [0.3, 0.4) is 0 Å². The van der Waals surface area contributed by atoms with Crippen molar-refractivity contribution < 1.29 is 14.0 Å². The molecule has 1 heterocycles. The lowest BCUT2D eigenvalue weighted by molar-refractivity contribution is -0.115. The number of anilines is 2. The molecule has 128 valence electrons. The molecule has 25 heavy (non-hydrogen) atoms. The minimum absolute atomic E-state index is 0.0177. The Hall–Kier alpha value is -2.50. The molecule has 7 heteroatoms. The second kappa shape index (κ2) is 7.59. The molecule has 0 atom stereocenters. The van der Waals surface area contributed by atoms with Crippen molar-refractivity contribution in [1.29, 1.82) is 0 Å². The van der Waals surface area contributed by atoms with Gasteiger partial charge in [-0.05, 0) is 30.3 Å². The molecule has 1 aromatic heterocycles. The van der Waals surface area contributed by atoms with Crippen LogP contribution in [0.1, 0.15) is 17.0 Å². The number of fused-ring (bicyclic) bond motifs is 1. The van der Waals surface area contributed by atoms with Gasteiger partial charge in [-0.25, -0.2) is 0 Å². The monoisotopic (exact) mass is 376 g/mol. The summed E-state index contributed by atoms with van der Waals surface area (Å²) in [6.45, 7) is 0. The Morgan fingerprint density at radius 2 is 1.84 bits per heavy atom. The molecule has 0 unspecified atom stereocenters.